The maximum Gasteiger partial charge on any atom is 0.329 e. The van der Waals surface area contributed by atoms with E-state index in [1.54, 1.807) is 31.3 Å². The van der Waals surface area contributed by atoms with Gasteiger partial charge in [0.15, 0.2) is 0 Å². The van der Waals surface area contributed by atoms with Crippen LogP contribution in [0.2, 0.25) is 0 Å². The highest BCUT2D eigenvalue weighted by molar-refractivity contribution is 5.82. The summed E-state index contributed by atoms with van der Waals surface area (Å²) in [4.78, 5) is 40.9. The summed E-state index contributed by atoms with van der Waals surface area (Å²) in [6.45, 7) is 1.68. The van der Waals surface area contributed by atoms with E-state index in [9.17, 15) is 14.4 Å². The van der Waals surface area contributed by atoms with Gasteiger partial charge < -0.3 is 9.32 Å². The summed E-state index contributed by atoms with van der Waals surface area (Å²) in [6, 6.07) is 15.9. The molecule has 7 nitrogen and oxygen atoms in total. The van der Waals surface area contributed by atoms with Crippen molar-refractivity contribution in [2.45, 2.75) is 19.5 Å². The molecule has 0 fully saturated rings. The number of amides is 1. The minimum absolute atomic E-state index is 0.183. The summed E-state index contributed by atoms with van der Waals surface area (Å²) >= 11 is 0. The summed E-state index contributed by atoms with van der Waals surface area (Å²) in [5.41, 5.74) is 0.109. The van der Waals surface area contributed by atoms with Gasteiger partial charge in [0.1, 0.15) is 17.9 Å². The average Bonchev–Trinajstić information content (AvgIpc) is 3.14. The average molecular weight is 377 g/mol. The normalized spacial score (nSPS) is 12.4. The minimum atomic E-state index is -0.609. The molecule has 0 saturated carbocycles. The molecule has 0 spiro atoms. The Bertz CT molecular complexity index is 1270. The van der Waals surface area contributed by atoms with Crippen molar-refractivity contribution in [3.8, 4) is 0 Å². The van der Waals surface area contributed by atoms with Gasteiger partial charge in [-0.15, -0.1) is 0 Å². The molecule has 0 radical (unpaired) electrons. The lowest BCUT2D eigenvalue weighted by Crippen LogP contribution is -2.38. The molecule has 1 N–H and O–H groups in total. The van der Waals surface area contributed by atoms with Crippen molar-refractivity contribution in [1.29, 1.82) is 0 Å². The largest absolute Gasteiger partial charge is 0.459 e. The molecule has 0 aliphatic carbocycles. The first-order chi connectivity index (χ1) is 13.5. The summed E-state index contributed by atoms with van der Waals surface area (Å²) in [5.74, 6) is 0.392. The fraction of sp³-hybridized carbons (Fsp3) is 0.190. The van der Waals surface area contributed by atoms with Crippen LogP contribution in [0.25, 0.3) is 21.9 Å². The number of H-pyrrole nitrogens is 1. The van der Waals surface area contributed by atoms with Crippen LogP contribution in [0.3, 0.4) is 0 Å². The molecule has 2 heterocycles. The number of fused-ring (bicyclic) bond motifs is 2. The molecule has 2 aromatic carbocycles. The number of aromatic amines is 1. The van der Waals surface area contributed by atoms with Crippen molar-refractivity contribution < 1.29 is 9.21 Å². The van der Waals surface area contributed by atoms with Crippen LogP contribution in [0.15, 0.2) is 68.6 Å². The SMILES string of the molecule is CC(c1cc2ccccc2o1)N(C)C(=O)Cn1c(=O)[nH]c(=O)c2ccccc21. The highest BCUT2D eigenvalue weighted by Gasteiger charge is 2.22. The molecule has 1 unspecified atom stereocenters. The fourth-order valence-corrected chi connectivity index (χ4v) is 3.26. The molecule has 4 rings (SSSR count). The third kappa shape index (κ3) is 3.00. The quantitative estimate of drug-likeness (QED) is 0.592. The van der Waals surface area contributed by atoms with Gasteiger partial charge >= 0.3 is 5.69 Å². The van der Waals surface area contributed by atoms with Gasteiger partial charge in [-0.1, -0.05) is 30.3 Å². The number of rotatable bonds is 4. The van der Waals surface area contributed by atoms with E-state index in [2.05, 4.69) is 4.98 Å². The van der Waals surface area contributed by atoms with Crippen LogP contribution in [0.5, 0.6) is 0 Å². The Kier molecular flexibility index (Phi) is 4.35. The van der Waals surface area contributed by atoms with Crippen LogP contribution in [-0.2, 0) is 11.3 Å². The smallest absolute Gasteiger partial charge is 0.329 e. The lowest BCUT2D eigenvalue weighted by Gasteiger charge is -2.24. The maximum absolute atomic E-state index is 12.9. The molecule has 1 atom stereocenters. The number of benzene rings is 2. The van der Waals surface area contributed by atoms with E-state index in [-0.39, 0.29) is 18.5 Å². The van der Waals surface area contributed by atoms with Crippen molar-refractivity contribution in [3.05, 3.63) is 81.2 Å². The van der Waals surface area contributed by atoms with Gasteiger partial charge in [-0.3, -0.25) is 19.1 Å². The number of carbonyl (C=O) groups excluding carboxylic acids is 1. The van der Waals surface area contributed by atoms with Crippen molar-refractivity contribution in [2.24, 2.45) is 0 Å². The molecular weight excluding hydrogens is 358 g/mol. The Morgan fingerprint density at radius 2 is 1.86 bits per heavy atom. The molecular formula is C21H19N3O4. The first-order valence-corrected chi connectivity index (χ1v) is 8.91. The molecule has 142 valence electrons. The highest BCUT2D eigenvalue weighted by atomic mass is 16.3. The number of carbonyl (C=O) groups is 1. The summed E-state index contributed by atoms with van der Waals surface area (Å²) in [6.07, 6.45) is 0. The van der Waals surface area contributed by atoms with E-state index in [0.717, 1.165) is 11.0 Å². The van der Waals surface area contributed by atoms with Gasteiger partial charge in [-0.05, 0) is 31.2 Å². The standard InChI is InChI=1S/C21H19N3O4/c1-13(18-11-14-7-3-6-10-17(14)28-18)23(2)19(25)12-24-16-9-5-4-8-15(16)20(26)22-21(24)27/h3-11,13H,12H2,1-2H3,(H,22,26,27). The lowest BCUT2D eigenvalue weighted by molar-refractivity contribution is -0.132. The van der Waals surface area contributed by atoms with E-state index < -0.39 is 11.2 Å². The second kappa shape index (κ2) is 6.84. The first kappa shape index (κ1) is 17.8. The molecule has 2 aromatic heterocycles. The Balaban J connectivity index is 1.64. The number of nitrogens with one attached hydrogen (secondary N) is 1. The van der Waals surface area contributed by atoms with Gasteiger partial charge in [0.05, 0.1) is 16.9 Å². The van der Waals surface area contributed by atoms with Crippen molar-refractivity contribution >= 4 is 27.8 Å². The molecule has 0 aliphatic heterocycles. The van der Waals surface area contributed by atoms with Crippen LogP contribution < -0.4 is 11.2 Å². The molecule has 1 amide bonds. The lowest BCUT2D eigenvalue weighted by atomic mass is 10.2. The summed E-state index contributed by atoms with van der Waals surface area (Å²) in [7, 11) is 1.67. The predicted molar refractivity (Wildman–Crippen MR) is 106 cm³/mol. The zero-order chi connectivity index (χ0) is 19.8. The molecule has 4 aromatic rings. The van der Waals surface area contributed by atoms with E-state index in [0.29, 0.717) is 16.7 Å². The molecule has 0 saturated heterocycles. The van der Waals surface area contributed by atoms with Gasteiger partial charge in [-0.25, -0.2) is 4.79 Å². The van der Waals surface area contributed by atoms with Gasteiger partial charge in [0, 0.05) is 12.4 Å². The topological polar surface area (TPSA) is 88.3 Å². The van der Waals surface area contributed by atoms with Crippen LogP contribution >= 0.6 is 0 Å². The van der Waals surface area contributed by atoms with E-state index in [1.807, 2.05) is 37.3 Å². The number of para-hydroxylation sites is 2. The van der Waals surface area contributed by atoms with Crippen LogP contribution in [0, 0.1) is 0 Å². The number of likely N-dealkylation sites (N-methyl/N-ethyl adjacent to an activating group) is 1. The number of aromatic nitrogens is 2. The zero-order valence-corrected chi connectivity index (χ0v) is 15.5. The Labute approximate surface area is 159 Å². The van der Waals surface area contributed by atoms with E-state index in [4.69, 9.17) is 4.42 Å². The predicted octanol–water partition coefficient (Wildman–Crippen LogP) is 2.66. The first-order valence-electron chi connectivity index (χ1n) is 8.91. The van der Waals surface area contributed by atoms with Crippen LogP contribution in [0.4, 0.5) is 0 Å². The monoisotopic (exact) mass is 377 g/mol. The zero-order valence-electron chi connectivity index (χ0n) is 15.5. The maximum atomic E-state index is 12.9. The van der Waals surface area contributed by atoms with Crippen LogP contribution in [0.1, 0.15) is 18.7 Å². The highest BCUT2D eigenvalue weighted by Crippen LogP contribution is 2.26. The van der Waals surface area contributed by atoms with Gasteiger partial charge in [0.2, 0.25) is 5.91 Å². The number of furan rings is 1. The van der Waals surface area contributed by atoms with E-state index in [1.165, 1.54) is 9.47 Å². The van der Waals surface area contributed by atoms with E-state index >= 15 is 0 Å². The molecule has 0 aliphatic rings. The molecule has 28 heavy (non-hydrogen) atoms. The molecule has 0 bridgehead atoms. The third-order valence-electron chi connectivity index (χ3n) is 5.03. The van der Waals surface area contributed by atoms with Crippen LogP contribution in [-0.4, -0.2) is 27.4 Å². The van der Waals surface area contributed by atoms with Crippen molar-refractivity contribution in [3.63, 3.8) is 0 Å². The van der Waals surface area contributed by atoms with Gasteiger partial charge in [-0.2, -0.15) is 0 Å². The Hall–Kier alpha value is -3.61. The third-order valence-corrected chi connectivity index (χ3v) is 5.03. The number of hydrogen-bond donors (Lipinski definition) is 1. The van der Waals surface area contributed by atoms with Crippen molar-refractivity contribution in [1.82, 2.24) is 14.5 Å². The number of hydrogen-bond acceptors (Lipinski definition) is 4. The second-order valence-electron chi connectivity index (χ2n) is 6.73. The Morgan fingerprint density at radius 1 is 1.14 bits per heavy atom. The fourth-order valence-electron chi connectivity index (χ4n) is 3.26. The molecule has 7 heteroatoms. The summed E-state index contributed by atoms with van der Waals surface area (Å²) < 4.78 is 7.13. The van der Waals surface area contributed by atoms with Crippen molar-refractivity contribution in [2.75, 3.05) is 7.05 Å². The number of nitrogens with zero attached hydrogens (tertiary/aromatic N) is 2. The second-order valence-corrected chi connectivity index (χ2v) is 6.73. The summed E-state index contributed by atoms with van der Waals surface area (Å²) in [5, 5.41) is 1.33. The minimum Gasteiger partial charge on any atom is -0.459 e. The Morgan fingerprint density at radius 3 is 2.64 bits per heavy atom. The van der Waals surface area contributed by atoms with Gasteiger partial charge in [0.25, 0.3) is 5.56 Å².